The number of fused-ring (bicyclic) bond motifs is 2. The van der Waals surface area contributed by atoms with Crippen LogP contribution in [0.15, 0.2) is 72.8 Å². The summed E-state index contributed by atoms with van der Waals surface area (Å²) in [5, 5.41) is 27.8. The molecule has 0 atom stereocenters. The van der Waals surface area contributed by atoms with Crippen LogP contribution in [0.2, 0.25) is 0 Å². The number of hydrogen-bond acceptors (Lipinski definition) is 5. The maximum Gasteiger partial charge on any atom is 0.221 e. The first-order valence-corrected chi connectivity index (χ1v) is 10.3. The van der Waals surface area contributed by atoms with Gasteiger partial charge < -0.3 is 20.7 Å². The fourth-order valence-corrected chi connectivity index (χ4v) is 3.91. The number of nitrogens with one attached hydrogen (secondary N) is 3. The lowest BCUT2D eigenvalue weighted by Crippen LogP contribution is -2.05. The molecule has 0 saturated carbocycles. The molecule has 0 bridgehead atoms. The smallest absolute Gasteiger partial charge is 0.221 e. The summed E-state index contributed by atoms with van der Waals surface area (Å²) >= 11 is 0. The molecule has 5 aromatic rings. The van der Waals surface area contributed by atoms with E-state index in [-0.39, 0.29) is 11.8 Å². The van der Waals surface area contributed by atoms with Gasteiger partial charge in [0.05, 0.1) is 34.1 Å². The third kappa shape index (κ3) is 3.82. The van der Waals surface area contributed by atoms with Crippen LogP contribution < -0.4 is 10.6 Å². The van der Waals surface area contributed by atoms with E-state index < -0.39 is 0 Å². The number of aromatic hydroxyl groups is 1. The molecule has 4 N–H and O–H groups in total. The van der Waals surface area contributed by atoms with Gasteiger partial charge in [-0.3, -0.25) is 4.79 Å². The van der Waals surface area contributed by atoms with Gasteiger partial charge in [0.15, 0.2) is 5.88 Å². The van der Waals surface area contributed by atoms with Crippen molar-refractivity contribution in [1.29, 1.82) is 5.26 Å². The molecule has 1 amide bonds. The van der Waals surface area contributed by atoms with Gasteiger partial charge in [-0.2, -0.15) is 5.26 Å². The Morgan fingerprint density at radius 3 is 2.52 bits per heavy atom. The monoisotopic (exact) mass is 433 g/mol. The van der Waals surface area contributed by atoms with Crippen LogP contribution in [-0.2, 0) is 4.79 Å². The summed E-state index contributed by atoms with van der Waals surface area (Å²) in [6.45, 7) is 1.47. The summed E-state index contributed by atoms with van der Waals surface area (Å²) in [4.78, 5) is 19.0. The van der Waals surface area contributed by atoms with Crippen LogP contribution in [0.4, 0.5) is 17.1 Å². The highest BCUT2D eigenvalue weighted by Crippen LogP contribution is 2.39. The fraction of sp³-hybridized carbons (Fsp3) is 0.0385. The maximum atomic E-state index is 11.3. The number of anilines is 3. The van der Waals surface area contributed by atoms with Crippen LogP contribution in [0.5, 0.6) is 5.88 Å². The number of nitriles is 1. The molecule has 0 aliphatic heterocycles. The highest BCUT2D eigenvalue weighted by molar-refractivity contribution is 6.02. The van der Waals surface area contributed by atoms with Gasteiger partial charge in [0.1, 0.15) is 0 Å². The number of para-hydroxylation sites is 1. The Morgan fingerprint density at radius 2 is 1.76 bits per heavy atom. The second kappa shape index (κ2) is 8.02. The van der Waals surface area contributed by atoms with E-state index >= 15 is 0 Å². The topological polar surface area (TPSA) is 114 Å². The number of nitrogens with zero attached hydrogens (tertiary/aromatic N) is 2. The molecular formula is C26H19N5O2. The van der Waals surface area contributed by atoms with Crippen LogP contribution in [0.1, 0.15) is 12.5 Å². The van der Waals surface area contributed by atoms with Gasteiger partial charge in [-0.15, -0.1) is 0 Å². The number of rotatable bonds is 4. The van der Waals surface area contributed by atoms with E-state index in [1.807, 2.05) is 54.6 Å². The maximum absolute atomic E-state index is 11.3. The van der Waals surface area contributed by atoms with Gasteiger partial charge in [-0.25, -0.2) is 4.98 Å². The molecule has 33 heavy (non-hydrogen) atoms. The minimum Gasteiger partial charge on any atom is -0.494 e. The lowest BCUT2D eigenvalue weighted by atomic mass is 10.0. The molecule has 0 aliphatic rings. The summed E-state index contributed by atoms with van der Waals surface area (Å²) < 4.78 is 0. The van der Waals surface area contributed by atoms with Gasteiger partial charge in [0.25, 0.3) is 0 Å². The number of H-pyrrole nitrogens is 1. The molecule has 7 heteroatoms. The van der Waals surface area contributed by atoms with Crippen molar-refractivity contribution in [2.45, 2.75) is 6.92 Å². The van der Waals surface area contributed by atoms with Crippen LogP contribution >= 0.6 is 0 Å². The highest BCUT2D eigenvalue weighted by atomic mass is 16.3. The molecule has 0 fully saturated rings. The van der Waals surface area contributed by atoms with Crippen molar-refractivity contribution in [3.8, 4) is 23.2 Å². The fourth-order valence-electron chi connectivity index (χ4n) is 3.91. The third-order valence-corrected chi connectivity index (χ3v) is 5.36. The minimum atomic E-state index is -0.126. The van der Waals surface area contributed by atoms with Crippen LogP contribution in [-0.4, -0.2) is 21.0 Å². The van der Waals surface area contributed by atoms with Crippen molar-refractivity contribution in [3.63, 3.8) is 0 Å². The quantitative estimate of drug-likeness (QED) is 0.292. The first-order chi connectivity index (χ1) is 16.0. The Kier molecular flexibility index (Phi) is 4.88. The second-order valence-electron chi connectivity index (χ2n) is 7.68. The molecular weight excluding hydrogens is 414 g/mol. The average molecular weight is 433 g/mol. The molecule has 0 saturated heterocycles. The summed E-state index contributed by atoms with van der Waals surface area (Å²) in [5.41, 5.74) is 5.46. The standard InChI is InChI=1S/C26H19N5O2/c1-15(32)28-17-7-9-18(10-8-17)29-23-13-24(30-21-5-3-2-4-19(21)23)25-20-12-16(14-27)6-11-22(20)31-26(25)33/h2-13,31,33H,1H3,(H,28,32)(H,29,30). The first kappa shape index (κ1) is 20.1. The van der Waals surface area contributed by atoms with Crippen molar-refractivity contribution in [1.82, 2.24) is 9.97 Å². The van der Waals surface area contributed by atoms with Crippen molar-refractivity contribution < 1.29 is 9.90 Å². The summed E-state index contributed by atoms with van der Waals surface area (Å²) in [6.07, 6.45) is 0. The summed E-state index contributed by atoms with van der Waals surface area (Å²) in [5.74, 6) is -0.132. The minimum absolute atomic E-state index is 0.00604. The Balaban J connectivity index is 1.63. The number of carbonyl (C=O) groups is 1. The van der Waals surface area contributed by atoms with E-state index in [1.165, 1.54) is 6.92 Å². The van der Waals surface area contributed by atoms with Gasteiger partial charge >= 0.3 is 0 Å². The zero-order valence-electron chi connectivity index (χ0n) is 17.7. The number of aromatic amines is 1. The number of aromatic nitrogens is 2. The van der Waals surface area contributed by atoms with E-state index in [9.17, 15) is 15.2 Å². The number of hydrogen-bond donors (Lipinski definition) is 4. The van der Waals surface area contributed by atoms with Gasteiger partial charge in [0, 0.05) is 34.6 Å². The molecule has 160 valence electrons. The Labute approximate surface area is 189 Å². The van der Waals surface area contributed by atoms with Gasteiger partial charge in [0.2, 0.25) is 5.91 Å². The second-order valence-corrected chi connectivity index (χ2v) is 7.68. The van der Waals surface area contributed by atoms with Crippen molar-refractivity contribution in [2.75, 3.05) is 10.6 Å². The zero-order chi connectivity index (χ0) is 22.9. The van der Waals surface area contributed by atoms with Crippen LogP contribution in [0, 0.1) is 11.3 Å². The number of amides is 1. The normalized spacial score (nSPS) is 10.8. The SMILES string of the molecule is CC(=O)Nc1ccc(Nc2cc(-c3c(O)[nH]c4ccc(C#N)cc34)nc3ccccc23)cc1. The van der Waals surface area contributed by atoms with Crippen LogP contribution in [0.25, 0.3) is 33.1 Å². The molecule has 0 radical (unpaired) electrons. The van der Waals surface area contributed by atoms with Gasteiger partial charge in [-0.1, -0.05) is 18.2 Å². The first-order valence-electron chi connectivity index (χ1n) is 10.3. The third-order valence-electron chi connectivity index (χ3n) is 5.36. The number of carbonyl (C=O) groups excluding carboxylic acids is 1. The molecule has 3 aromatic carbocycles. The van der Waals surface area contributed by atoms with E-state index in [0.29, 0.717) is 22.5 Å². The summed E-state index contributed by atoms with van der Waals surface area (Å²) in [6, 6.07) is 24.4. The predicted octanol–water partition coefficient (Wildman–Crippen LogP) is 5.66. The number of pyridine rings is 1. The molecule has 2 aromatic heterocycles. The molecule has 0 spiro atoms. The Bertz CT molecular complexity index is 1560. The predicted molar refractivity (Wildman–Crippen MR) is 129 cm³/mol. The van der Waals surface area contributed by atoms with Crippen molar-refractivity contribution in [2.24, 2.45) is 0 Å². The highest BCUT2D eigenvalue weighted by Gasteiger charge is 2.17. The van der Waals surface area contributed by atoms with Crippen molar-refractivity contribution in [3.05, 3.63) is 78.4 Å². The largest absolute Gasteiger partial charge is 0.494 e. The van der Waals surface area contributed by atoms with Crippen molar-refractivity contribution >= 4 is 44.8 Å². The van der Waals surface area contributed by atoms with E-state index in [0.717, 1.165) is 33.2 Å². The van der Waals surface area contributed by atoms with Crippen LogP contribution in [0.3, 0.4) is 0 Å². The molecule has 2 heterocycles. The number of benzene rings is 3. The van der Waals surface area contributed by atoms with E-state index in [1.54, 1.807) is 18.2 Å². The Morgan fingerprint density at radius 1 is 1.00 bits per heavy atom. The molecule has 5 rings (SSSR count). The average Bonchev–Trinajstić information content (AvgIpc) is 3.14. The van der Waals surface area contributed by atoms with Gasteiger partial charge in [-0.05, 0) is 54.6 Å². The molecule has 7 nitrogen and oxygen atoms in total. The summed E-state index contributed by atoms with van der Waals surface area (Å²) in [7, 11) is 0. The molecule has 0 aliphatic carbocycles. The lowest BCUT2D eigenvalue weighted by molar-refractivity contribution is -0.114. The molecule has 0 unspecified atom stereocenters. The zero-order valence-corrected chi connectivity index (χ0v) is 17.7. The Hall–Kier alpha value is -4.83. The van der Waals surface area contributed by atoms with E-state index in [2.05, 4.69) is 21.7 Å². The van der Waals surface area contributed by atoms with E-state index in [4.69, 9.17) is 4.98 Å². The lowest BCUT2D eigenvalue weighted by Gasteiger charge is -2.13.